The molecular formula is C15H24O7. The van der Waals surface area contributed by atoms with Crippen LogP contribution in [0.4, 0.5) is 0 Å². The Kier molecular flexibility index (Phi) is 6.80. The van der Waals surface area contributed by atoms with Crippen LogP contribution in [0.3, 0.4) is 0 Å². The quantitative estimate of drug-likeness (QED) is 0.556. The molecule has 0 aromatic rings. The van der Waals surface area contributed by atoms with E-state index in [-0.39, 0.29) is 18.6 Å². The van der Waals surface area contributed by atoms with Gasteiger partial charge < -0.3 is 18.9 Å². The lowest BCUT2D eigenvalue weighted by Gasteiger charge is -2.44. The summed E-state index contributed by atoms with van der Waals surface area (Å²) in [6.45, 7) is 7.61. The molecule has 0 radical (unpaired) electrons. The predicted octanol–water partition coefficient (Wildman–Crippen LogP) is 1.23. The first-order valence-electron chi connectivity index (χ1n) is 7.39. The fourth-order valence-electron chi connectivity index (χ4n) is 2.65. The summed E-state index contributed by atoms with van der Waals surface area (Å²) in [5.74, 6) is -1.58. The highest BCUT2D eigenvalue weighted by Gasteiger charge is 2.47. The molecule has 0 spiro atoms. The van der Waals surface area contributed by atoms with E-state index >= 15 is 0 Å². The third-order valence-corrected chi connectivity index (χ3v) is 3.60. The van der Waals surface area contributed by atoms with Gasteiger partial charge in [0.1, 0.15) is 18.8 Å². The van der Waals surface area contributed by atoms with Gasteiger partial charge in [0.05, 0.1) is 6.10 Å². The first kappa shape index (κ1) is 18.4. The maximum Gasteiger partial charge on any atom is 0.303 e. The largest absolute Gasteiger partial charge is 0.463 e. The molecule has 0 N–H and O–H groups in total. The molecule has 7 nitrogen and oxygen atoms in total. The van der Waals surface area contributed by atoms with Crippen molar-refractivity contribution in [2.24, 2.45) is 5.92 Å². The van der Waals surface area contributed by atoms with E-state index < -0.39 is 36.2 Å². The molecule has 0 aromatic carbocycles. The number of hydrogen-bond donors (Lipinski definition) is 0. The van der Waals surface area contributed by atoms with Crippen LogP contribution in [0.1, 0.15) is 41.0 Å². The van der Waals surface area contributed by atoms with Crippen molar-refractivity contribution in [1.82, 2.24) is 0 Å². The molecule has 1 saturated heterocycles. The number of esters is 3. The number of carbonyl (C=O) groups excluding carboxylic acids is 3. The molecule has 5 unspecified atom stereocenters. The fourth-order valence-corrected chi connectivity index (χ4v) is 2.65. The Hall–Kier alpha value is -1.63. The summed E-state index contributed by atoms with van der Waals surface area (Å²) in [7, 11) is 0. The molecule has 1 rings (SSSR count). The summed E-state index contributed by atoms with van der Waals surface area (Å²) in [4.78, 5) is 33.7. The molecule has 22 heavy (non-hydrogen) atoms. The highest BCUT2D eigenvalue weighted by atomic mass is 16.6. The summed E-state index contributed by atoms with van der Waals surface area (Å²) >= 11 is 0. The molecule has 1 aliphatic rings. The molecular weight excluding hydrogens is 292 g/mol. The second-order valence-corrected chi connectivity index (χ2v) is 5.43. The highest BCUT2D eigenvalue weighted by molar-refractivity contribution is 5.67. The summed E-state index contributed by atoms with van der Waals surface area (Å²) in [6, 6.07) is 0. The van der Waals surface area contributed by atoms with Crippen LogP contribution >= 0.6 is 0 Å². The maximum absolute atomic E-state index is 11.4. The summed E-state index contributed by atoms with van der Waals surface area (Å²) in [5, 5.41) is 0. The first-order valence-corrected chi connectivity index (χ1v) is 7.39. The van der Waals surface area contributed by atoms with Crippen molar-refractivity contribution in [3.05, 3.63) is 0 Å². The average Bonchev–Trinajstić information content (AvgIpc) is 2.41. The topological polar surface area (TPSA) is 88.1 Å². The van der Waals surface area contributed by atoms with Gasteiger partial charge in [-0.05, 0) is 6.42 Å². The van der Waals surface area contributed by atoms with Crippen molar-refractivity contribution < 1.29 is 33.3 Å². The predicted molar refractivity (Wildman–Crippen MR) is 75.9 cm³/mol. The third-order valence-electron chi connectivity index (χ3n) is 3.60. The van der Waals surface area contributed by atoms with E-state index in [0.29, 0.717) is 6.42 Å². The lowest BCUT2D eigenvalue weighted by atomic mass is 9.86. The van der Waals surface area contributed by atoms with Gasteiger partial charge in [-0.3, -0.25) is 14.4 Å². The second kappa shape index (κ2) is 8.12. The fraction of sp³-hybridized carbons (Fsp3) is 0.800. The first-order chi connectivity index (χ1) is 10.3. The zero-order valence-corrected chi connectivity index (χ0v) is 13.7. The van der Waals surface area contributed by atoms with Crippen LogP contribution in [-0.4, -0.2) is 48.9 Å². The standard InChI is InChI=1S/C15H24O7/c1-6-12-8(2)14(20-10(4)17)15(21-11(5)18)13(22-12)7-19-9(3)16/h8,12-15H,6-7H2,1-5H3. The van der Waals surface area contributed by atoms with Crippen molar-refractivity contribution in [2.75, 3.05) is 6.61 Å². The minimum atomic E-state index is -0.807. The number of rotatable bonds is 5. The van der Waals surface area contributed by atoms with Gasteiger partial charge in [0, 0.05) is 26.7 Å². The normalized spacial score (nSPS) is 31.2. The monoisotopic (exact) mass is 316 g/mol. The van der Waals surface area contributed by atoms with Crippen LogP contribution in [0.15, 0.2) is 0 Å². The summed E-state index contributed by atoms with van der Waals surface area (Å²) < 4.78 is 21.5. The molecule has 126 valence electrons. The zero-order valence-electron chi connectivity index (χ0n) is 13.7. The van der Waals surface area contributed by atoms with Crippen LogP contribution in [0.5, 0.6) is 0 Å². The van der Waals surface area contributed by atoms with Gasteiger partial charge in [-0.2, -0.15) is 0 Å². The van der Waals surface area contributed by atoms with Gasteiger partial charge in [0.2, 0.25) is 0 Å². The smallest absolute Gasteiger partial charge is 0.303 e. The van der Waals surface area contributed by atoms with E-state index in [4.69, 9.17) is 18.9 Å². The summed E-state index contributed by atoms with van der Waals surface area (Å²) in [5.41, 5.74) is 0. The average molecular weight is 316 g/mol. The minimum absolute atomic E-state index is 0.0612. The molecule has 0 aliphatic carbocycles. The number of hydrogen-bond acceptors (Lipinski definition) is 7. The van der Waals surface area contributed by atoms with Crippen LogP contribution < -0.4 is 0 Å². The Morgan fingerprint density at radius 1 is 0.909 bits per heavy atom. The van der Waals surface area contributed by atoms with E-state index in [9.17, 15) is 14.4 Å². The van der Waals surface area contributed by atoms with Crippen LogP contribution in [0.25, 0.3) is 0 Å². The number of carbonyl (C=O) groups is 3. The molecule has 1 heterocycles. The molecule has 0 amide bonds. The highest BCUT2D eigenvalue weighted by Crippen LogP contribution is 2.32. The van der Waals surface area contributed by atoms with Crippen molar-refractivity contribution in [3.8, 4) is 0 Å². The van der Waals surface area contributed by atoms with Crippen molar-refractivity contribution in [1.29, 1.82) is 0 Å². The van der Waals surface area contributed by atoms with Crippen LogP contribution in [0.2, 0.25) is 0 Å². The van der Waals surface area contributed by atoms with Gasteiger partial charge in [-0.1, -0.05) is 13.8 Å². The Morgan fingerprint density at radius 2 is 1.45 bits per heavy atom. The molecule has 0 bridgehead atoms. The third kappa shape index (κ3) is 4.98. The number of ether oxygens (including phenoxy) is 4. The van der Waals surface area contributed by atoms with Crippen molar-refractivity contribution in [2.45, 2.75) is 65.5 Å². The Bertz CT molecular complexity index is 420. The van der Waals surface area contributed by atoms with Gasteiger partial charge in [0.25, 0.3) is 0 Å². The molecule has 0 saturated carbocycles. The Morgan fingerprint density at radius 3 is 1.91 bits per heavy atom. The van der Waals surface area contributed by atoms with Crippen molar-refractivity contribution in [3.63, 3.8) is 0 Å². The molecule has 1 aliphatic heterocycles. The summed E-state index contributed by atoms with van der Waals surface area (Å²) in [6.07, 6.45) is -1.60. The Balaban J connectivity index is 3.00. The lowest BCUT2D eigenvalue weighted by Crippen LogP contribution is -2.57. The van der Waals surface area contributed by atoms with E-state index in [1.807, 2.05) is 13.8 Å². The van der Waals surface area contributed by atoms with Gasteiger partial charge >= 0.3 is 17.9 Å². The Labute approximate surface area is 130 Å². The van der Waals surface area contributed by atoms with E-state index in [2.05, 4.69) is 0 Å². The molecule has 5 atom stereocenters. The molecule has 7 heteroatoms. The van der Waals surface area contributed by atoms with E-state index in [1.54, 1.807) is 0 Å². The van der Waals surface area contributed by atoms with E-state index in [1.165, 1.54) is 20.8 Å². The van der Waals surface area contributed by atoms with E-state index in [0.717, 1.165) is 0 Å². The zero-order chi connectivity index (χ0) is 16.9. The minimum Gasteiger partial charge on any atom is -0.463 e. The maximum atomic E-state index is 11.4. The molecule has 0 aromatic heterocycles. The SMILES string of the molecule is CCC1OC(COC(C)=O)C(OC(C)=O)C(OC(C)=O)C1C. The second-order valence-electron chi connectivity index (χ2n) is 5.43. The van der Waals surface area contributed by atoms with Crippen LogP contribution in [-0.2, 0) is 33.3 Å². The van der Waals surface area contributed by atoms with Gasteiger partial charge in [0.15, 0.2) is 6.10 Å². The lowest BCUT2D eigenvalue weighted by molar-refractivity contribution is -0.231. The van der Waals surface area contributed by atoms with Crippen molar-refractivity contribution >= 4 is 17.9 Å². The van der Waals surface area contributed by atoms with Gasteiger partial charge in [-0.15, -0.1) is 0 Å². The molecule has 1 fully saturated rings. The van der Waals surface area contributed by atoms with Crippen LogP contribution in [0, 0.1) is 5.92 Å². The van der Waals surface area contributed by atoms with Gasteiger partial charge in [-0.25, -0.2) is 0 Å².